The molecule has 0 heterocycles. The van der Waals surface area contributed by atoms with Crippen molar-refractivity contribution < 1.29 is 24.2 Å². The van der Waals surface area contributed by atoms with Crippen LogP contribution in [0.15, 0.2) is 24.3 Å². The highest BCUT2D eigenvalue weighted by Gasteiger charge is 2.30. The highest BCUT2D eigenvalue weighted by Crippen LogP contribution is 2.29. The SMILES string of the molecule is CC(=O)Oc1ccc(C(=O)NC[C@@H]2CCCC[C@@H]2C(=O)O)cc1. The number of aliphatic carboxylic acids is 1. The lowest BCUT2D eigenvalue weighted by Gasteiger charge is -2.28. The fourth-order valence-electron chi connectivity index (χ4n) is 2.94. The second kappa shape index (κ2) is 7.76. The molecule has 23 heavy (non-hydrogen) atoms. The minimum Gasteiger partial charge on any atom is -0.481 e. The molecule has 1 fully saturated rings. The Hall–Kier alpha value is -2.37. The highest BCUT2D eigenvalue weighted by atomic mass is 16.5. The van der Waals surface area contributed by atoms with Crippen LogP contribution in [0.1, 0.15) is 43.0 Å². The summed E-state index contributed by atoms with van der Waals surface area (Å²) in [5.74, 6) is -1.48. The van der Waals surface area contributed by atoms with Gasteiger partial charge in [-0.1, -0.05) is 12.8 Å². The van der Waals surface area contributed by atoms with Gasteiger partial charge in [-0.2, -0.15) is 0 Å². The van der Waals surface area contributed by atoms with E-state index >= 15 is 0 Å². The van der Waals surface area contributed by atoms with E-state index in [1.165, 1.54) is 6.92 Å². The lowest BCUT2D eigenvalue weighted by Crippen LogP contribution is -2.37. The Balaban J connectivity index is 1.91. The quantitative estimate of drug-likeness (QED) is 0.641. The second-order valence-electron chi connectivity index (χ2n) is 5.82. The number of amides is 1. The van der Waals surface area contributed by atoms with E-state index in [0.29, 0.717) is 24.3 Å². The second-order valence-corrected chi connectivity index (χ2v) is 5.82. The van der Waals surface area contributed by atoms with Crippen molar-refractivity contribution in [2.75, 3.05) is 6.54 Å². The van der Waals surface area contributed by atoms with Gasteiger partial charge in [-0.05, 0) is 43.0 Å². The Morgan fingerprint density at radius 3 is 2.43 bits per heavy atom. The maximum absolute atomic E-state index is 12.1. The minimum atomic E-state index is -0.783. The largest absolute Gasteiger partial charge is 0.481 e. The zero-order chi connectivity index (χ0) is 16.8. The zero-order valence-electron chi connectivity index (χ0n) is 13.1. The van der Waals surface area contributed by atoms with Crippen LogP contribution >= 0.6 is 0 Å². The third-order valence-corrected chi connectivity index (χ3v) is 4.13. The van der Waals surface area contributed by atoms with Crippen LogP contribution in [0.5, 0.6) is 5.75 Å². The molecule has 0 unspecified atom stereocenters. The number of nitrogens with one attached hydrogen (secondary N) is 1. The van der Waals surface area contributed by atoms with Crippen LogP contribution in [-0.2, 0) is 9.59 Å². The van der Waals surface area contributed by atoms with E-state index in [1.807, 2.05) is 0 Å². The molecule has 0 aromatic heterocycles. The normalized spacial score (nSPS) is 20.6. The molecule has 1 amide bonds. The maximum Gasteiger partial charge on any atom is 0.308 e. The fraction of sp³-hybridized carbons (Fsp3) is 0.471. The summed E-state index contributed by atoms with van der Waals surface area (Å²) in [5, 5.41) is 12.0. The first-order chi connectivity index (χ1) is 11.0. The molecule has 1 aromatic carbocycles. The van der Waals surface area contributed by atoms with Crippen LogP contribution in [0.4, 0.5) is 0 Å². The van der Waals surface area contributed by atoms with E-state index in [1.54, 1.807) is 24.3 Å². The number of esters is 1. The molecule has 0 bridgehead atoms. The highest BCUT2D eigenvalue weighted by molar-refractivity contribution is 5.94. The van der Waals surface area contributed by atoms with E-state index in [2.05, 4.69) is 5.32 Å². The molecule has 2 N–H and O–H groups in total. The van der Waals surface area contributed by atoms with Crippen molar-refractivity contribution in [3.05, 3.63) is 29.8 Å². The first-order valence-corrected chi connectivity index (χ1v) is 7.77. The summed E-state index contributed by atoms with van der Waals surface area (Å²) in [4.78, 5) is 34.2. The smallest absolute Gasteiger partial charge is 0.308 e. The minimum absolute atomic E-state index is 0.0227. The summed E-state index contributed by atoms with van der Waals surface area (Å²) in [5.41, 5.74) is 0.448. The molecule has 1 aromatic rings. The number of carboxylic acid groups (broad SMARTS) is 1. The Bertz CT molecular complexity index is 581. The lowest BCUT2D eigenvalue weighted by atomic mass is 9.79. The molecular formula is C17H21NO5. The van der Waals surface area contributed by atoms with Gasteiger partial charge >= 0.3 is 11.9 Å². The van der Waals surface area contributed by atoms with E-state index in [-0.39, 0.29) is 17.7 Å². The Morgan fingerprint density at radius 2 is 1.83 bits per heavy atom. The van der Waals surface area contributed by atoms with Crippen LogP contribution in [0.3, 0.4) is 0 Å². The number of rotatable bonds is 5. The van der Waals surface area contributed by atoms with E-state index in [0.717, 1.165) is 19.3 Å². The Morgan fingerprint density at radius 1 is 1.17 bits per heavy atom. The number of carbonyl (C=O) groups excluding carboxylic acids is 2. The van der Waals surface area contributed by atoms with Gasteiger partial charge in [0, 0.05) is 19.0 Å². The van der Waals surface area contributed by atoms with Gasteiger partial charge in [0.2, 0.25) is 0 Å². The molecule has 124 valence electrons. The van der Waals surface area contributed by atoms with Crippen LogP contribution in [0, 0.1) is 11.8 Å². The summed E-state index contributed by atoms with van der Waals surface area (Å²) in [6.07, 6.45) is 3.43. The van der Waals surface area contributed by atoms with E-state index in [9.17, 15) is 19.5 Å². The average molecular weight is 319 g/mol. The molecular weight excluding hydrogens is 298 g/mol. The molecule has 0 spiro atoms. The molecule has 1 aliphatic rings. The summed E-state index contributed by atoms with van der Waals surface area (Å²) in [7, 11) is 0. The number of ether oxygens (including phenoxy) is 1. The van der Waals surface area contributed by atoms with Gasteiger partial charge in [0.25, 0.3) is 5.91 Å². The molecule has 1 aliphatic carbocycles. The standard InChI is InChI=1S/C17H21NO5/c1-11(19)23-14-8-6-12(7-9-14)16(20)18-10-13-4-2-3-5-15(13)17(21)22/h6-9,13,15H,2-5,10H2,1H3,(H,18,20)(H,21,22)/t13-,15-/m0/s1. The van der Waals surface area contributed by atoms with Crippen LogP contribution in [0.25, 0.3) is 0 Å². The van der Waals surface area contributed by atoms with Gasteiger partial charge in [0.1, 0.15) is 5.75 Å². The van der Waals surface area contributed by atoms with Gasteiger partial charge in [0.15, 0.2) is 0 Å². The monoisotopic (exact) mass is 319 g/mol. The molecule has 0 saturated heterocycles. The van der Waals surface area contributed by atoms with Crippen LogP contribution in [0.2, 0.25) is 0 Å². The molecule has 2 rings (SSSR count). The maximum atomic E-state index is 12.1. The Labute approximate surface area is 134 Å². The zero-order valence-corrected chi connectivity index (χ0v) is 13.1. The third kappa shape index (κ3) is 4.81. The van der Waals surface area contributed by atoms with Crippen LogP contribution < -0.4 is 10.1 Å². The molecule has 2 atom stereocenters. The number of hydrogen-bond donors (Lipinski definition) is 2. The van der Waals surface area contributed by atoms with Crippen molar-refractivity contribution in [1.82, 2.24) is 5.32 Å². The van der Waals surface area contributed by atoms with Gasteiger partial charge < -0.3 is 15.2 Å². The molecule has 0 radical (unpaired) electrons. The number of carboxylic acids is 1. The van der Waals surface area contributed by atoms with Crippen molar-refractivity contribution in [1.29, 1.82) is 0 Å². The van der Waals surface area contributed by atoms with Crippen molar-refractivity contribution in [2.45, 2.75) is 32.6 Å². The average Bonchev–Trinajstić information content (AvgIpc) is 2.53. The van der Waals surface area contributed by atoms with E-state index < -0.39 is 11.9 Å². The molecule has 1 saturated carbocycles. The number of carbonyl (C=O) groups is 3. The topological polar surface area (TPSA) is 92.7 Å². The molecule has 0 aliphatic heterocycles. The van der Waals surface area contributed by atoms with Crippen molar-refractivity contribution in [2.24, 2.45) is 11.8 Å². The predicted octanol–water partition coefficient (Wildman–Crippen LogP) is 2.23. The van der Waals surface area contributed by atoms with E-state index in [4.69, 9.17) is 4.74 Å². The first kappa shape index (κ1) is 17.0. The summed E-state index contributed by atoms with van der Waals surface area (Å²) < 4.78 is 4.91. The number of hydrogen-bond acceptors (Lipinski definition) is 4. The van der Waals surface area contributed by atoms with Gasteiger partial charge in [-0.15, -0.1) is 0 Å². The van der Waals surface area contributed by atoms with Gasteiger partial charge in [0.05, 0.1) is 5.92 Å². The first-order valence-electron chi connectivity index (χ1n) is 7.77. The Kier molecular flexibility index (Phi) is 5.73. The van der Waals surface area contributed by atoms with Crippen molar-refractivity contribution in [3.8, 4) is 5.75 Å². The molecule has 6 heteroatoms. The summed E-state index contributed by atoms with van der Waals surface area (Å²) in [6.45, 7) is 1.67. The van der Waals surface area contributed by atoms with Crippen molar-refractivity contribution in [3.63, 3.8) is 0 Å². The fourth-order valence-corrected chi connectivity index (χ4v) is 2.94. The van der Waals surface area contributed by atoms with Crippen LogP contribution in [-0.4, -0.2) is 29.5 Å². The van der Waals surface area contributed by atoms with Crippen molar-refractivity contribution >= 4 is 17.8 Å². The number of benzene rings is 1. The van der Waals surface area contributed by atoms with Gasteiger partial charge in [-0.3, -0.25) is 14.4 Å². The summed E-state index contributed by atoms with van der Waals surface area (Å²) in [6, 6.07) is 6.25. The predicted molar refractivity (Wildman–Crippen MR) is 83.2 cm³/mol. The molecule has 6 nitrogen and oxygen atoms in total. The summed E-state index contributed by atoms with van der Waals surface area (Å²) >= 11 is 0. The van der Waals surface area contributed by atoms with Gasteiger partial charge in [-0.25, -0.2) is 0 Å². The third-order valence-electron chi connectivity index (χ3n) is 4.13. The lowest BCUT2D eigenvalue weighted by molar-refractivity contribution is -0.144.